The predicted molar refractivity (Wildman–Crippen MR) is 137 cm³/mol. The maximum atomic E-state index is 13.9. The van der Waals surface area contributed by atoms with E-state index in [0.717, 1.165) is 16.8 Å². The Labute approximate surface area is 209 Å². The molecule has 4 aromatic rings. The molecule has 1 aromatic carbocycles. The molecule has 184 valence electrons. The number of aromatic nitrogens is 3. The van der Waals surface area contributed by atoms with Gasteiger partial charge in [-0.2, -0.15) is 0 Å². The van der Waals surface area contributed by atoms with E-state index in [0.29, 0.717) is 44.0 Å². The highest BCUT2D eigenvalue weighted by atomic mass is 19.1. The molecule has 1 aliphatic rings. The minimum Gasteiger partial charge on any atom is -0.507 e. The molecule has 0 spiro atoms. The van der Waals surface area contributed by atoms with Crippen molar-refractivity contribution in [3.05, 3.63) is 118 Å². The maximum Gasteiger partial charge on any atom is 0.259 e. The molecule has 7 nitrogen and oxygen atoms in total. The van der Waals surface area contributed by atoms with Crippen molar-refractivity contribution in [3.63, 3.8) is 0 Å². The van der Waals surface area contributed by atoms with Gasteiger partial charge in [0.05, 0.1) is 18.2 Å². The zero-order valence-corrected chi connectivity index (χ0v) is 20.1. The van der Waals surface area contributed by atoms with Crippen LogP contribution >= 0.6 is 0 Å². The lowest BCUT2D eigenvalue weighted by atomic mass is 9.96. The molecule has 1 aliphatic heterocycles. The van der Waals surface area contributed by atoms with Crippen LogP contribution in [0.15, 0.2) is 84.2 Å². The predicted octanol–water partition coefficient (Wildman–Crippen LogP) is 3.75. The summed E-state index contributed by atoms with van der Waals surface area (Å²) in [5, 5.41) is 11.1. The molecule has 4 heterocycles. The van der Waals surface area contributed by atoms with Crippen LogP contribution in [0.4, 0.5) is 10.1 Å². The Balaban J connectivity index is 1.50. The van der Waals surface area contributed by atoms with Gasteiger partial charge in [0.25, 0.3) is 5.56 Å². The Bertz CT molecular complexity index is 1370. The van der Waals surface area contributed by atoms with Crippen molar-refractivity contribution in [2.75, 3.05) is 31.1 Å². The number of piperazine rings is 1. The second kappa shape index (κ2) is 10.3. The molecule has 0 aliphatic carbocycles. The summed E-state index contributed by atoms with van der Waals surface area (Å²) in [5.74, 6) is -0.268. The Morgan fingerprint density at radius 2 is 1.69 bits per heavy atom. The van der Waals surface area contributed by atoms with Gasteiger partial charge in [0, 0.05) is 62.3 Å². The zero-order chi connectivity index (χ0) is 25.1. The van der Waals surface area contributed by atoms with Crippen LogP contribution in [-0.4, -0.2) is 50.7 Å². The average Bonchev–Trinajstić information content (AvgIpc) is 2.91. The molecule has 8 heteroatoms. The van der Waals surface area contributed by atoms with Crippen molar-refractivity contribution in [2.24, 2.45) is 0 Å². The van der Waals surface area contributed by atoms with Gasteiger partial charge in [-0.15, -0.1) is 0 Å². The Kier molecular flexibility index (Phi) is 6.77. The lowest BCUT2D eigenvalue weighted by Gasteiger charge is -2.40. The normalized spacial score (nSPS) is 15.1. The molecule has 1 unspecified atom stereocenters. The summed E-state index contributed by atoms with van der Waals surface area (Å²) < 4.78 is 15.1. The quantitative estimate of drug-likeness (QED) is 0.448. The highest BCUT2D eigenvalue weighted by Gasteiger charge is 2.31. The number of aromatic hydroxyl groups is 1. The SMILES string of the molecule is Cc1cc(O)c(C(c2ccncc2)N2CCN(c3ccc(F)cc3)CC2)c(=O)n1Cc1cccnc1. The number of hydrogen-bond donors (Lipinski definition) is 1. The number of anilines is 1. The lowest BCUT2D eigenvalue weighted by molar-refractivity contribution is 0.207. The third kappa shape index (κ3) is 4.85. The first kappa shape index (κ1) is 23.7. The first-order chi connectivity index (χ1) is 17.5. The minimum atomic E-state index is -0.434. The van der Waals surface area contributed by atoms with E-state index in [1.54, 1.807) is 47.6 Å². The van der Waals surface area contributed by atoms with Crippen LogP contribution < -0.4 is 10.5 Å². The van der Waals surface area contributed by atoms with E-state index in [1.807, 2.05) is 31.2 Å². The number of halogens is 1. The molecule has 5 rings (SSSR count). The standard InChI is InChI=1S/C28H28FN5O2/c1-20-17-25(35)26(28(36)34(20)19-21-3-2-10-31-18-21)27(22-8-11-30-12-9-22)33-15-13-32(14-16-33)24-6-4-23(29)5-7-24/h2-12,17-18,27,35H,13-16,19H2,1H3. The summed E-state index contributed by atoms with van der Waals surface area (Å²) in [6.45, 7) is 4.95. The van der Waals surface area contributed by atoms with Crippen LogP contribution in [-0.2, 0) is 6.54 Å². The minimum absolute atomic E-state index is 0.0114. The van der Waals surface area contributed by atoms with Gasteiger partial charge in [0.15, 0.2) is 0 Å². The second-order valence-corrected chi connectivity index (χ2v) is 9.02. The summed E-state index contributed by atoms with van der Waals surface area (Å²) in [5.41, 5.74) is 3.58. The largest absolute Gasteiger partial charge is 0.507 e. The van der Waals surface area contributed by atoms with Crippen LogP contribution in [0.2, 0.25) is 0 Å². The van der Waals surface area contributed by atoms with Crippen molar-refractivity contribution in [3.8, 4) is 5.75 Å². The fourth-order valence-electron chi connectivity index (χ4n) is 4.89. The number of pyridine rings is 3. The number of rotatable bonds is 6. The summed E-state index contributed by atoms with van der Waals surface area (Å²) in [7, 11) is 0. The molecule has 36 heavy (non-hydrogen) atoms. The molecule has 1 N–H and O–H groups in total. The second-order valence-electron chi connectivity index (χ2n) is 9.02. The molecule has 0 saturated carbocycles. The number of hydrogen-bond acceptors (Lipinski definition) is 6. The van der Waals surface area contributed by atoms with E-state index in [-0.39, 0.29) is 17.1 Å². The van der Waals surface area contributed by atoms with Gasteiger partial charge in [-0.25, -0.2) is 4.39 Å². The third-order valence-corrected chi connectivity index (χ3v) is 6.75. The zero-order valence-electron chi connectivity index (χ0n) is 20.1. The van der Waals surface area contributed by atoms with Crippen LogP contribution in [0.5, 0.6) is 5.75 Å². The van der Waals surface area contributed by atoms with Crippen molar-refractivity contribution < 1.29 is 9.50 Å². The molecule has 1 fully saturated rings. The van der Waals surface area contributed by atoms with E-state index >= 15 is 0 Å². The summed E-state index contributed by atoms with van der Waals surface area (Å²) in [4.78, 5) is 26.6. The topological polar surface area (TPSA) is 74.5 Å². The fourth-order valence-corrected chi connectivity index (χ4v) is 4.89. The van der Waals surface area contributed by atoms with Gasteiger partial charge < -0.3 is 14.6 Å². The maximum absolute atomic E-state index is 13.9. The molecule has 1 atom stereocenters. The fraction of sp³-hybridized carbons (Fsp3) is 0.250. The van der Waals surface area contributed by atoms with Crippen molar-refractivity contribution in [1.82, 2.24) is 19.4 Å². The summed E-state index contributed by atoms with van der Waals surface area (Å²) in [6, 6.07) is 15.3. The molecular weight excluding hydrogens is 457 g/mol. The van der Waals surface area contributed by atoms with Crippen molar-refractivity contribution >= 4 is 5.69 Å². The van der Waals surface area contributed by atoms with Crippen LogP contribution in [0.25, 0.3) is 0 Å². The molecular formula is C28H28FN5O2. The third-order valence-electron chi connectivity index (χ3n) is 6.75. The summed E-state index contributed by atoms with van der Waals surface area (Å²) >= 11 is 0. The van der Waals surface area contributed by atoms with Gasteiger partial charge in [-0.05, 0) is 66.6 Å². The number of aryl methyl sites for hydroxylation is 1. The summed E-state index contributed by atoms with van der Waals surface area (Å²) in [6.07, 6.45) is 6.85. The average molecular weight is 486 g/mol. The van der Waals surface area contributed by atoms with Gasteiger partial charge in [-0.3, -0.25) is 19.7 Å². The van der Waals surface area contributed by atoms with E-state index in [9.17, 15) is 14.3 Å². The van der Waals surface area contributed by atoms with E-state index in [2.05, 4.69) is 19.8 Å². The molecule has 0 radical (unpaired) electrons. The van der Waals surface area contributed by atoms with Crippen molar-refractivity contribution in [1.29, 1.82) is 0 Å². The Hall–Kier alpha value is -4.04. The molecule has 3 aromatic heterocycles. The van der Waals surface area contributed by atoms with E-state index in [1.165, 1.54) is 12.1 Å². The lowest BCUT2D eigenvalue weighted by Crippen LogP contribution is -2.49. The van der Waals surface area contributed by atoms with Gasteiger partial charge in [0.1, 0.15) is 11.6 Å². The van der Waals surface area contributed by atoms with Gasteiger partial charge in [0.2, 0.25) is 0 Å². The van der Waals surface area contributed by atoms with Gasteiger partial charge in [-0.1, -0.05) is 6.07 Å². The monoisotopic (exact) mass is 485 g/mol. The highest BCUT2D eigenvalue weighted by molar-refractivity contribution is 5.47. The van der Waals surface area contributed by atoms with E-state index in [4.69, 9.17) is 0 Å². The smallest absolute Gasteiger partial charge is 0.259 e. The van der Waals surface area contributed by atoms with Gasteiger partial charge >= 0.3 is 0 Å². The van der Waals surface area contributed by atoms with Crippen LogP contribution in [0.3, 0.4) is 0 Å². The Morgan fingerprint density at radius 1 is 0.972 bits per heavy atom. The molecule has 0 amide bonds. The van der Waals surface area contributed by atoms with Crippen LogP contribution in [0, 0.1) is 12.7 Å². The highest BCUT2D eigenvalue weighted by Crippen LogP contribution is 2.33. The first-order valence-corrected chi connectivity index (χ1v) is 12.0. The number of benzene rings is 1. The Morgan fingerprint density at radius 3 is 2.36 bits per heavy atom. The van der Waals surface area contributed by atoms with Crippen molar-refractivity contribution in [2.45, 2.75) is 19.5 Å². The number of nitrogens with zero attached hydrogens (tertiary/aromatic N) is 5. The van der Waals surface area contributed by atoms with E-state index < -0.39 is 6.04 Å². The first-order valence-electron chi connectivity index (χ1n) is 12.0. The van der Waals surface area contributed by atoms with Crippen LogP contribution in [0.1, 0.15) is 28.4 Å². The molecule has 0 bridgehead atoms. The molecule has 1 saturated heterocycles.